The van der Waals surface area contributed by atoms with Crippen LogP contribution >= 0.6 is 0 Å². The lowest BCUT2D eigenvalue weighted by Crippen LogP contribution is -2.20. The summed E-state index contributed by atoms with van der Waals surface area (Å²) in [7, 11) is 1.16. The monoisotopic (exact) mass is 247 g/mol. The third-order valence-corrected chi connectivity index (χ3v) is 2.28. The van der Waals surface area contributed by atoms with Gasteiger partial charge < -0.3 is 10.5 Å². The first-order chi connectivity index (χ1) is 7.86. The van der Waals surface area contributed by atoms with Gasteiger partial charge in [-0.15, -0.1) is 0 Å². The van der Waals surface area contributed by atoms with Crippen molar-refractivity contribution < 1.29 is 22.7 Å². The van der Waals surface area contributed by atoms with E-state index in [4.69, 9.17) is 5.73 Å². The largest absolute Gasteiger partial charge is 0.469 e. The summed E-state index contributed by atoms with van der Waals surface area (Å²) in [5.74, 6) is -0.644. The highest BCUT2D eigenvalue weighted by atomic mass is 19.4. The number of carbonyl (C=O) groups excluding carboxylic acids is 1. The van der Waals surface area contributed by atoms with Gasteiger partial charge in [0.15, 0.2) is 0 Å². The predicted octanol–water partition coefficient (Wildman–Crippen LogP) is 2.27. The van der Waals surface area contributed by atoms with Crippen LogP contribution in [0.25, 0.3) is 0 Å². The molecule has 0 unspecified atom stereocenters. The molecule has 0 aliphatic carbocycles. The molecule has 0 heterocycles. The molecule has 3 nitrogen and oxygen atoms in total. The molecule has 1 atom stereocenters. The molecule has 2 N–H and O–H groups in total. The Bertz CT molecular complexity index is 404. The number of alkyl halides is 3. The number of nitrogens with two attached hydrogens (primary N) is 1. The SMILES string of the molecule is COC(=O)C[C@@H](N)c1ccccc1C(F)(F)F. The predicted molar refractivity (Wildman–Crippen MR) is 55.0 cm³/mol. The normalized spacial score (nSPS) is 13.2. The quantitative estimate of drug-likeness (QED) is 0.833. The van der Waals surface area contributed by atoms with Gasteiger partial charge in [-0.3, -0.25) is 4.79 Å². The van der Waals surface area contributed by atoms with Gasteiger partial charge >= 0.3 is 12.1 Å². The zero-order chi connectivity index (χ0) is 13.1. The van der Waals surface area contributed by atoms with Crippen molar-refractivity contribution >= 4 is 5.97 Å². The van der Waals surface area contributed by atoms with Gasteiger partial charge in [-0.25, -0.2) is 0 Å². The van der Waals surface area contributed by atoms with Crippen molar-refractivity contribution in [3.8, 4) is 0 Å². The van der Waals surface area contributed by atoms with Crippen LogP contribution in [0.15, 0.2) is 24.3 Å². The summed E-state index contributed by atoms with van der Waals surface area (Å²) in [6.45, 7) is 0. The maximum Gasteiger partial charge on any atom is 0.416 e. The van der Waals surface area contributed by atoms with Gasteiger partial charge in [-0.1, -0.05) is 18.2 Å². The molecule has 1 rings (SSSR count). The number of halogens is 3. The molecule has 0 radical (unpaired) electrons. The van der Waals surface area contributed by atoms with Gasteiger partial charge in [0.2, 0.25) is 0 Å². The Morgan fingerprint density at radius 2 is 2.00 bits per heavy atom. The number of benzene rings is 1. The Hall–Kier alpha value is -1.56. The average Bonchev–Trinajstić information content (AvgIpc) is 2.27. The second kappa shape index (κ2) is 5.18. The molecule has 0 aliphatic rings. The van der Waals surface area contributed by atoms with Crippen LogP contribution in [0.1, 0.15) is 23.6 Å². The van der Waals surface area contributed by atoms with Crippen molar-refractivity contribution in [2.45, 2.75) is 18.6 Å². The van der Waals surface area contributed by atoms with Gasteiger partial charge in [-0.2, -0.15) is 13.2 Å². The molecule has 0 saturated heterocycles. The van der Waals surface area contributed by atoms with Crippen LogP contribution in [0, 0.1) is 0 Å². The summed E-state index contributed by atoms with van der Waals surface area (Å²) in [5, 5.41) is 0. The van der Waals surface area contributed by atoms with E-state index in [1.54, 1.807) is 0 Å². The van der Waals surface area contributed by atoms with Gasteiger partial charge in [-0.05, 0) is 11.6 Å². The van der Waals surface area contributed by atoms with Crippen LogP contribution in [0.4, 0.5) is 13.2 Å². The molecule has 0 amide bonds. The van der Waals surface area contributed by atoms with Gasteiger partial charge in [0.05, 0.1) is 19.1 Å². The average molecular weight is 247 g/mol. The number of ether oxygens (including phenoxy) is 1. The van der Waals surface area contributed by atoms with Gasteiger partial charge in [0, 0.05) is 6.04 Å². The highest BCUT2D eigenvalue weighted by molar-refractivity contribution is 5.70. The van der Waals surface area contributed by atoms with Crippen molar-refractivity contribution in [2.75, 3.05) is 7.11 Å². The van der Waals surface area contributed by atoms with Crippen molar-refractivity contribution in [2.24, 2.45) is 5.73 Å². The second-order valence-corrected chi connectivity index (χ2v) is 3.47. The van der Waals surface area contributed by atoms with Crippen LogP contribution < -0.4 is 5.73 Å². The van der Waals surface area contributed by atoms with E-state index >= 15 is 0 Å². The van der Waals surface area contributed by atoms with Crippen molar-refractivity contribution in [3.63, 3.8) is 0 Å². The van der Waals surface area contributed by atoms with E-state index < -0.39 is 23.8 Å². The number of carbonyl (C=O) groups is 1. The molecular weight excluding hydrogens is 235 g/mol. The van der Waals surface area contributed by atoms with Crippen molar-refractivity contribution in [1.29, 1.82) is 0 Å². The summed E-state index contributed by atoms with van der Waals surface area (Å²) in [4.78, 5) is 11.0. The molecule has 0 bridgehead atoms. The van der Waals surface area contributed by atoms with Crippen LogP contribution in [0.5, 0.6) is 0 Å². The fraction of sp³-hybridized carbons (Fsp3) is 0.364. The standard InChI is InChI=1S/C11H12F3NO2/c1-17-10(16)6-9(15)7-4-2-3-5-8(7)11(12,13)14/h2-5,9H,6,15H2,1H3/t9-/m1/s1. The molecule has 0 aliphatic heterocycles. The number of hydrogen-bond acceptors (Lipinski definition) is 3. The van der Waals surface area contributed by atoms with Crippen LogP contribution in [-0.4, -0.2) is 13.1 Å². The van der Waals surface area contributed by atoms with E-state index in [9.17, 15) is 18.0 Å². The molecule has 0 fully saturated rings. The Morgan fingerprint density at radius 1 is 1.41 bits per heavy atom. The zero-order valence-electron chi connectivity index (χ0n) is 9.12. The summed E-state index contributed by atoms with van der Waals surface area (Å²) < 4.78 is 42.3. The van der Waals surface area contributed by atoms with E-state index in [2.05, 4.69) is 4.74 Å². The first-order valence-electron chi connectivity index (χ1n) is 4.84. The minimum atomic E-state index is -4.48. The zero-order valence-corrected chi connectivity index (χ0v) is 9.12. The molecule has 17 heavy (non-hydrogen) atoms. The third-order valence-electron chi connectivity index (χ3n) is 2.28. The fourth-order valence-electron chi connectivity index (χ4n) is 1.45. The number of rotatable bonds is 3. The minimum absolute atomic E-state index is 0.106. The number of esters is 1. The van der Waals surface area contributed by atoms with Gasteiger partial charge in [0.25, 0.3) is 0 Å². The van der Waals surface area contributed by atoms with Gasteiger partial charge in [0.1, 0.15) is 0 Å². The Kier molecular flexibility index (Phi) is 4.11. The minimum Gasteiger partial charge on any atom is -0.469 e. The lowest BCUT2D eigenvalue weighted by Gasteiger charge is -2.17. The van der Waals surface area contributed by atoms with E-state index in [0.29, 0.717) is 0 Å². The topological polar surface area (TPSA) is 52.3 Å². The van der Waals surface area contributed by atoms with E-state index in [1.807, 2.05) is 0 Å². The molecule has 94 valence electrons. The van der Waals surface area contributed by atoms with E-state index in [0.717, 1.165) is 13.2 Å². The number of hydrogen-bond donors (Lipinski definition) is 1. The first-order valence-corrected chi connectivity index (χ1v) is 4.84. The first kappa shape index (κ1) is 13.5. The van der Waals surface area contributed by atoms with E-state index in [-0.39, 0.29) is 12.0 Å². The van der Waals surface area contributed by atoms with Crippen LogP contribution in [0.3, 0.4) is 0 Å². The lowest BCUT2D eigenvalue weighted by atomic mass is 9.98. The fourth-order valence-corrected chi connectivity index (χ4v) is 1.45. The van der Waals surface area contributed by atoms with Crippen LogP contribution in [0.2, 0.25) is 0 Å². The van der Waals surface area contributed by atoms with Crippen molar-refractivity contribution in [1.82, 2.24) is 0 Å². The molecule has 6 heteroatoms. The smallest absolute Gasteiger partial charge is 0.416 e. The maximum absolute atomic E-state index is 12.7. The summed E-state index contributed by atoms with van der Waals surface area (Å²) in [5.41, 5.74) is 4.64. The second-order valence-electron chi connectivity index (χ2n) is 3.47. The lowest BCUT2D eigenvalue weighted by molar-refractivity contribution is -0.142. The summed E-state index contributed by atoms with van der Waals surface area (Å²) in [6, 6.07) is 3.89. The third kappa shape index (κ3) is 3.45. The Balaban J connectivity index is 3.01. The molecule has 0 aromatic heterocycles. The Morgan fingerprint density at radius 3 is 2.53 bits per heavy atom. The molecule has 0 spiro atoms. The number of methoxy groups -OCH3 is 1. The van der Waals surface area contributed by atoms with E-state index in [1.165, 1.54) is 18.2 Å². The molecule has 1 aromatic carbocycles. The van der Waals surface area contributed by atoms with Crippen molar-refractivity contribution in [3.05, 3.63) is 35.4 Å². The summed E-state index contributed by atoms with van der Waals surface area (Å²) in [6.07, 6.45) is -4.77. The highest BCUT2D eigenvalue weighted by Gasteiger charge is 2.34. The summed E-state index contributed by atoms with van der Waals surface area (Å²) >= 11 is 0. The highest BCUT2D eigenvalue weighted by Crippen LogP contribution is 2.34. The molecule has 1 aromatic rings. The maximum atomic E-state index is 12.7. The molecular formula is C11H12F3NO2. The Labute approximate surface area is 96.4 Å². The molecule has 0 saturated carbocycles. The van der Waals surface area contributed by atoms with Crippen LogP contribution in [-0.2, 0) is 15.7 Å².